The van der Waals surface area contributed by atoms with Gasteiger partial charge < -0.3 is 15.3 Å². The van der Waals surface area contributed by atoms with Crippen molar-refractivity contribution in [2.24, 2.45) is 0 Å². The van der Waals surface area contributed by atoms with Crippen molar-refractivity contribution in [2.75, 3.05) is 5.73 Å². The van der Waals surface area contributed by atoms with E-state index in [9.17, 15) is 9.90 Å². The lowest BCUT2D eigenvalue weighted by molar-refractivity contribution is 0.475. The molecule has 0 radical (unpaired) electrons. The topological polar surface area (TPSA) is 76.5 Å². The first kappa shape index (κ1) is 10.7. The van der Waals surface area contributed by atoms with Crippen LogP contribution in [0.4, 0.5) is 5.69 Å². The summed E-state index contributed by atoms with van der Waals surface area (Å²) in [6.07, 6.45) is 0. The van der Waals surface area contributed by atoms with Gasteiger partial charge in [0.1, 0.15) is 11.3 Å². The molecule has 0 atom stereocenters. The van der Waals surface area contributed by atoms with Crippen molar-refractivity contribution in [3.8, 4) is 5.75 Å². The largest absolute Gasteiger partial charge is 0.508 e. The van der Waals surface area contributed by atoms with Gasteiger partial charge >= 0.3 is 5.63 Å². The Bertz CT molecular complexity index is 834. The maximum Gasteiger partial charge on any atom is 0.344 e. The van der Waals surface area contributed by atoms with Crippen LogP contribution in [0.25, 0.3) is 21.7 Å². The molecule has 0 fully saturated rings. The molecule has 0 bridgehead atoms. The second-order valence-electron chi connectivity index (χ2n) is 4.32. The van der Waals surface area contributed by atoms with Crippen LogP contribution in [0.15, 0.2) is 39.5 Å². The van der Waals surface area contributed by atoms with Gasteiger partial charge in [-0.05, 0) is 36.8 Å². The highest BCUT2D eigenvalue weighted by Crippen LogP contribution is 2.28. The predicted octanol–water partition coefficient (Wildman–Crippen LogP) is 2.54. The summed E-state index contributed by atoms with van der Waals surface area (Å²) in [5.41, 5.74) is 7.30. The quantitative estimate of drug-likeness (QED) is 0.360. The van der Waals surface area contributed by atoms with Gasteiger partial charge in [-0.1, -0.05) is 0 Å². The fourth-order valence-corrected chi connectivity index (χ4v) is 2.09. The molecule has 4 nitrogen and oxygen atoms in total. The minimum atomic E-state index is -0.475. The smallest absolute Gasteiger partial charge is 0.344 e. The number of fused-ring (bicyclic) bond motifs is 3. The molecule has 0 unspecified atom stereocenters. The zero-order valence-corrected chi connectivity index (χ0v) is 9.73. The molecule has 4 heteroatoms. The molecule has 0 saturated heterocycles. The summed E-state index contributed by atoms with van der Waals surface area (Å²) in [7, 11) is 0. The Morgan fingerprint density at radius 2 is 1.89 bits per heavy atom. The van der Waals surface area contributed by atoms with Gasteiger partial charge in [-0.2, -0.15) is 0 Å². The van der Waals surface area contributed by atoms with Crippen LogP contribution in [0.5, 0.6) is 5.75 Å². The zero-order chi connectivity index (χ0) is 12.9. The highest BCUT2D eigenvalue weighted by Gasteiger charge is 2.09. The lowest BCUT2D eigenvalue weighted by atomic mass is 10.0. The van der Waals surface area contributed by atoms with Crippen LogP contribution in [0, 0.1) is 6.92 Å². The molecule has 2 aromatic carbocycles. The van der Waals surface area contributed by atoms with Crippen molar-refractivity contribution < 1.29 is 9.52 Å². The van der Waals surface area contributed by atoms with Crippen LogP contribution < -0.4 is 11.4 Å². The standard InChI is InChI=1S/C14H11NO3/c1-7-4-10-9-3-2-8(16)5-11(9)14(17)18-13(10)6-12(7)15/h2-6,16H,15H2,1H3. The highest BCUT2D eigenvalue weighted by molar-refractivity contribution is 6.05. The van der Waals surface area contributed by atoms with E-state index in [0.717, 1.165) is 16.3 Å². The van der Waals surface area contributed by atoms with Crippen LogP contribution in [0.1, 0.15) is 5.56 Å². The average molecular weight is 241 g/mol. The number of hydrogen-bond acceptors (Lipinski definition) is 4. The molecule has 90 valence electrons. The van der Waals surface area contributed by atoms with Crippen molar-refractivity contribution in [1.29, 1.82) is 0 Å². The highest BCUT2D eigenvalue weighted by atomic mass is 16.4. The monoisotopic (exact) mass is 241 g/mol. The van der Waals surface area contributed by atoms with E-state index < -0.39 is 5.63 Å². The number of nitrogens with two attached hydrogens (primary N) is 1. The average Bonchev–Trinajstić information content (AvgIpc) is 2.32. The van der Waals surface area contributed by atoms with Crippen molar-refractivity contribution in [3.05, 3.63) is 46.3 Å². The number of nitrogen functional groups attached to an aromatic ring is 1. The van der Waals surface area contributed by atoms with Crippen molar-refractivity contribution in [3.63, 3.8) is 0 Å². The van der Waals surface area contributed by atoms with E-state index >= 15 is 0 Å². The van der Waals surface area contributed by atoms with Crippen molar-refractivity contribution in [2.45, 2.75) is 6.92 Å². The lowest BCUT2D eigenvalue weighted by Gasteiger charge is -2.06. The zero-order valence-electron chi connectivity index (χ0n) is 9.73. The van der Waals surface area contributed by atoms with E-state index in [4.69, 9.17) is 10.2 Å². The first-order valence-corrected chi connectivity index (χ1v) is 5.52. The summed E-state index contributed by atoms with van der Waals surface area (Å²) in [6, 6.07) is 8.20. The molecule has 3 N–H and O–H groups in total. The van der Waals surface area contributed by atoms with Crippen LogP contribution in [0.2, 0.25) is 0 Å². The number of phenols is 1. The second-order valence-corrected chi connectivity index (χ2v) is 4.32. The van der Waals surface area contributed by atoms with Gasteiger partial charge in [0.2, 0.25) is 0 Å². The number of phenolic OH excluding ortho intramolecular Hbond substituents is 1. The SMILES string of the molecule is Cc1cc2c(cc1N)oc(=O)c1cc(O)ccc12. The predicted molar refractivity (Wildman–Crippen MR) is 70.8 cm³/mol. The Balaban J connectivity index is 2.60. The normalized spacial score (nSPS) is 11.2. The number of anilines is 1. The molecular formula is C14H11NO3. The fourth-order valence-electron chi connectivity index (χ4n) is 2.09. The number of benzene rings is 2. The summed E-state index contributed by atoms with van der Waals surface area (Å²) < 4.78 is 5.22. The molecule has 0 amide bonds. The summed E-state index contributed by atoms with van der Waals surface area (Å²) in [5, 5.41) is 11.4. The van der Waals surface area contributed by atoms with Gasteiger partial charge in [0.25, 0.3) is 0 Å². The number of rotatable bonds is 0. The lowest BCUT2D eigenvalue weighted by Crippen LogP contribution is -2.00. The first-order chi connectivity index (χ1) is 8.56. The molecule has 0 aliphatic carbocycles. The second kappa shape index (κ2) is 3.50. The molecule has 3 rings (SSSR count). The Hall–Kier alpha value is -2.49. The van der Waals surface area contributed by atoms with E-state index in [1.807, 2.05) is 13.0 Å². The maximum absolute atomic E-state index is 11.8. The Morgan fingerprint density at radius 3 is 2.67 bits per heavy atom. The third-order valence-electron chi connectivity index (χ3n) is 3.08. The van der Waals surface area contributed by atoms with Crippen LogP contribution >= 0.6 is 0 Å². The Labute approximate surface area is 102 Å². The third-order valence-corrected chi connectivity index (χ3v) is 3.08. The summed E-state index contributed by atoms with van der Waals surface area (Å²) in [5.74, 6) is 0.0429. The van der Waals surface area contributed by atoms with E-state index in [1.54, 1.807) is 18.2 Å². The minimum absolute atomic E-state index is 0.0429. The van der Waals surface area contributed by atoms with E-state index in [2.05, 4.69) is 0 Å². The molecule has 0 spiro atoms. The number of aryl methyl sites for hydroxylation is 1. The molecule has 0 saturated carbocycles. The number of aromatic hydroxyl groups is 1. The Kier molecular flexibility index (Phi) is 2.07. The van der Waals surface area contributed by atoms with Crippen LogP contribution in [-0.2, 0) is 0 Å². The van der Waals surface area contributed by atoms with E-state index in [1.165, 1.54) is 6.07 Å². The third kappa shape index (κ3) is 1.43. The Morgan fingerprint density at radius 1 is 1.11 bits per heavy atom. The first-order valence-electron chi connectivity index (χ1n) is 5.52. The fraction of sp³-hybridized carbons (Fsp3) is 0.0714. The van der Waals surface area contributed by atoms with Gasteiger partial charge in [0.15, 0.2) is 0 Å². The molecule has 1 heterocycles. The summed E-state index contributed by atoms with van der Waals surface area (Å²) >= 11 is 0. The van der Waals surface area contributed by atoms with E-state index in [-0.39, 0.29) is 5.75 Å². The van der Waals surface area contributed by atoms with Crippen LogP contribution in [-0.4, -0.2) is 5.11 Å². The van der Waals surface area contributed by atoms with Crippen LogP contribution in [0.3, 0.4) is 0 Å². The minimum Gasteiger partial charge on any atom is -0.508 e. The number of hydrogen-bond donors (Lipinski definition) is 2. The molecule has 0 aliphatic rings. The van der Waals surface area contributed by atoms with Gasteiger partial charge in [-0.15, -0.1) is 0 Å². The maximum atomic E-state index is 11.8. The van der Waals surface area contributed by atoms with Gasteiger partial charge in [0, 0.05) is 22.5 Å². The summed E-state index contributed by atoms with van der Waals surface area (Å²) in [6.45, 7) is 1.89. The van der Waals surface area contributed by atoms with Gasteiger partial charge in [-0.3, -0.25) is 0 Å². The van der Waals surface area contributed by atoms with Gasteiger partial charge in [-0.25, -0.2) is 4.79 Å². The van der Waals surface area contributed by atoms with Crippen molar-refractivity contribution in [1.82, 2.24) is 0 Å². The van der Waals surface area contributed by atoms with Gasteiger partial charge in [0.05, 0.1) is 5.39 Å². The molecule has 18 heavy (non-hydrogen) atoms. The molecule has 3 aromatic rings. The summed E-state index contributed by atoms with van der Waals surface area (Å²) in [4.78, 5) is 11.8. The molecule has 0 aliphatic heterocycles. The molecule has 1 aromatic heterocycles. The van der Waals surface area contributed by atoms with Crippen molar-refractivity contribution >= 4 is 27.4 Å². The van der Waals surface area contributed by atoms with E-state index in [0.29, 0.717) is 16.7 Å². The molecular weight excluding hydrogens is 230 g/mol.